The molecule has 0 bridgehead atoms. The van der Waals surface area contributed by atoms with Crippen molar-refractivity contribution in [3.63, 3.8) is 0 Å². The predicted octanol–water partition coefficient (Wildman–Crippen LogP) is 4.65. The van der Waals surface area contributed by atoms with Gasteiger partial charge >= 0.3 is 6.09 Å². The molecule has 3 rings (SSSR count). The lowest BCUT2D eigenvalue weighted by molar-refractivity contribution is 0.102. The van der Waals surface area contributed by atoms with E-state index in [0.29, 0.717) is 39.3 Å². The molecule has 168 valence electrons. The molecule has 0 spiro atoms. The van der Waals surface area contributed by atoms with E-state index in [1.807, 2.05) is 0 Å². The fourth-order valence-electron chi connectivity index (χ4n) is 3.41. The Hall–Kier alpha value is -4.22. The van der Waals surface area contributed by atoms with Gasteiger partial charge in [0, 0.05) is 22.9 Å². The molecule has 0 saturated carbocycles. The Morgan fingerprint density at radius 1 is 1.12 bits per heavy atom. The maximum atomic E-state index is 12.9. The minimum absolute atomic E-state index is 0.211. The molecule has 0 aliphatic heterocycles. The second-order valence-electron chi connectivity index (χ2n) is 8.35. The molecule has 0 atom stereocenters. The van der Waals surface area contributed by atoms with Crippen molar-refractivity contribution in [2.24, 2.45) is 0 Å². The van der Waals surface area contributed by atoms with Crippen molar-refractivity contribution in [3.8, 4) is 17.3 Å². The zero-order valence-electron chi connectivity index (χ0n) is 18.5. The molecule has 1 heterocycles. The van der Waals surface area contributed by atoms with E-state index < -0.39 is 17.5 Å². The number of para-hydroxylation sites is 2. The van der Waals surface area contributed by atoms with Crippen molar-refractivity contribution in [2.75, 3.05) is 10.2 Å². The number of aliphatic hydroxyl groups is 1. The highest BCUT2D eigenvalue weighted by Crippen LogP contribution is 2.32. The Labute approximate surface area is 191 Å². The summed E-state index contributed by atoms with van der Waals surface area (Å²) in [5.74, 6) is -0.405. The molecule has 8 nitrogen and oxygen atoms in total. The van der Waals surface area contributed by atoms with Crippen molar-refractivity contribution in [2.45, 2.75) is 32.9 Å². The first-order valence-corrected chi connectivity index (χ1v) is 10.2. The Kier molecular flexibility index (Phi) is 6.75. The van der Waals surface area contributed by atoms with E-state index in [9.17, 15) is 25.1 Å². The van der Waals surface area contributed by atoms with Crippen LogP contribution in [-0.2, 0) is 6.61 Å². The summed E-state index contributed by atoms with van der Waals surface area (Å²) < 4.78 is 0. The van der Waals surface area contributed by atoms with Crippen LogP contribution in [0.1, 0.15) is 42.3 Å². The van der Waals surface area contributed by atoms with E-state index >= 15 is 0 Å². The largest absolute Gasteiger partial charge is 0.465 e. The van der Waals surface area contributed by atoms with Crippen LogP contribution < -0.4 is 10.2 Å². The van der Waals surface area contributed by atoms with Gasteiger partial charge in [0.05, 0.1) is 29.2 Å². The zero-order valence-corrected chi connectivity index (χ0v) is 18.5. The maximum absolute atomic E-state index is 12.9. The van der Waals surface area contributed by atoms with E-state index in [-0.39, 0.29) is 6.61 Å². The van der Waals surface area contributed by atoms with Gasteiger partial charge in [-0.3, -0.25) is 14.7 Å². The van der Waals surface area contributed by atoms with Crippen LogP contribution in [0.4, 0.5) is 16.2 Å². The molecular weight excluding hydrogens is 420 g/mol. The van der Waals surface area contributed by atoms with E-state index in [0.717, 1.165) is 0 Å². The maximum Gasteiger partial charge on any atom is 0.412 e. The molecule has 1 aromatic heterocycles. The van der Waals surface area contributed by atoms with Crippen molar-refractivity contribution >= 4 is 23.4 Å². The molecule has 2 aromatic carbocycles. The van der Waals surface area contributed by atoms with Gasteiger partial charge in [0.1, 0.15) is 6.07 Å². The number of hydrogen-bond donors (Lipinski definition) is 3. The third-order valence-electron chi connectivity index (χ3n) is 4.92. The molecule has 2 amide bonds. The lowest BCUT2D eigenvalue weighted by Gasteiger charge is -2.34. The number of aromatic nitrogens is 1. The van der Waals surface area contributed by atoms with Crippen molar-refractivity contribution in [1.82, 2.24) is 4.98 Å². The highest BCUT2D eigenvalue weighted by atomic mass is 16.4. The minimum Gasteiger partial charge on any atom is -0.465 e. The summed E-state index contributed by atoms with van der Waals surface area (Å²) in [6.07, 6.45) is 0.374. The van der Waals surface area contributed by atoms with Crippen LogP contribution in [-0.4, -0.2) is 32.7 Å². The highest BCUT2D eigenvalue weighted by molar-refractivity contribution is 6.07. The van der Waals surface area contributed by atoms with E-state index in [1.165, 1.54) is 11.1 Å². The van der Waals surface area contributed by atoms with Crippen molar-refractivity contribution < 1.29 is 19.8 Å². The Morgan fingerprint density at radius 2 is 1.79 bits per heavy atom. The summed E-state index contributed by atoms with van der Waals surface area (Å²) in [5.41, 5.74) is 2.35. The predicted molar refractivity (Wildman–Crippen MR) is 125 cm³/mol. The molecule has 33 heavy (non-hydrogen) atoms. The summed E-state index contributed by atoms with van der Waals surface area (Å²) >= 11 is 0. The van der Waals surface area contributed by atoms with Gasteiger partial charge in [-0.1, -0.05) is 24.3 Å². The average molecular weight is 444 g/mol. The molecular formula is C25H24N4O4. The molecule has 0 radical (unpaired) electrons. The average Bonchev–Trinajstić information content (AvgIpc) is 2.78. The smallest absolute Gasteiger partial charge is 0.412 e. The monoisotopic (exact) mass is 444 g/mol. The summed E-state index contributed by atoms with van der Waals surface area (Å²) in [5, 5.41) is 31.1. The summed E-state index contributed by atoms with van der Waals surface area (Å²) in [6.45, 7) is 5.11. The number of carbonyl (C=O) groups is 2. The number of carbonyl (C=O) groups excluding carboxylic acids is 1. The van der Waals surface area contributed by atoms with Crippen LogP contribution in [0, 0.1) is 11.3 Å². The number of anilines is 2. The molecule has 0 saturated heterocycles. The van der Waals surface area contributed by atoms with Gasteiger partial charge in [0.2, 0.25) is 0 Å². The minimum atomic E-state index is -1.12. The molecule has 0 fully saturated rings. The molecule has 8 heteroatoms. The molecule has 0 aliphatic rings. The zero-order chi connectivity index (χ0) is 24.2. The highest BCUT2D eigenvalue weighted by Gasteiger charge is 2.30. The number of rotatable bonds is 5. The van der Waals surface area contributed by atoms with Crippen LogP contribution in [0.5, 0.6) is 0 Å². The van der Waals surface area contributed by atoms with Crippen LogP contribution in [0.15, 0.2) is 60.8 Å². The van der Waals surface area contributed by atoms with Crippen LogP contribution in [0.25, 0.3) is 11.3 Å². The number of aliphatic hydroxyl groups excluding tert-OH is 1. The first kappa shape index (κ1) is 23.4. The summed E-state index contributed by atoms with van der Waals surface area (Å²) in [4.78, 5) is 30.2. The van der Waals surface area contributed by atoms with E-state index in [1.54, 1.807) is 75.4 Å². The number of nitriles is 1. The third-order valence-corrected chi connectivity index (χ3v) is 4.92. The van der Waals surface area contributed by atoms with Gasteiger partial charge in [0.15, 0.2) is 0 Å². The number of carboxylic acid groups (broad SMARTS) is 1. The Balaban J connectivity index is 1.88. The number of hydrogen-bond acceptors (Lipinski definition) is 5. The summed E-state index contributed by atoms with van der Waals surface area (Å²) in [6, 6.07) is 16.9. The van der Waals surface area contributed by atoms with Gasteiger partial charge in [-0.2, -0.15) is 5.26 Å². The number of nitrogens with zero attached hydrogens (tertiary/aromatic N) is 3. The molecule has 3 aromatic rings. The second kappa shape index (κ2) is 9.51. The fourth-order valence-corrected chi connectivity index (χ4v) is 3.41. The van der Waals surface area contributed by atoms with Crippen LogP contribution in [0.3, 0.4) is 0 Å². The topological polar surface area (TPSA) is 127 Å². The Bertz CT molecular complexity index is 1220. The third kappa shape index (κ3) is 5.17. The normalized spacial score (nSPS) is 10.9. The van der Waals surface area contributed by atoms with Crippen LogP contribution >= 0.6 is 0 Å². The molecule has 0 unspecified atom stereocenters. The summed E-state index contributed by atoms with van der Waals surface area (Å²) in [7, 11) is 0. The first-order valence-electron chi connectivity index (χ1n) is 10.2. The SMILES string of the molecule is CC(C)(C)N(C(=O)O)c1ccccc1NC(=O)c1ccc(-c2ncc(CO)cc2C#N)cc1. The molecule has 0 aliphatic carbocycles. The number of benzene rings is 2. The Morgan fingerprint density at radius 3 is 2.36 bits per heavy atom. The second-order valence-corrected chi connectivity index (χ2v) is 8.35. The van der Waals surface area contributed by atoms with Crippen LogP contribution in [0.2, 0.25) is 0 Å². The van der Waals surface area contributed by atoms with Gasteiger partial charge in [0.25, 0.3) is 5.91 Å². The lowest BCUT2D eigenvalue weighted by atomic mass is 10.0. The van der Waals surface area contributed by atoms with Gasteiger partial charge in [-0.05, 0) is 56.7 Å². The number of amides is 2. The first-order chi connectivity index (χ1) is 15.7. The number of nitrogens with one attached hydrogen (secondary N) is 1. The van der Waals surface area contributed by atoms with Gasteiger partial charge in [-0.25, -0.2) is 4.79 Å². The quantitative estimate of drug-likeness (QED) is 0.526. The van der Waals surface area contributed by atoms with Gasteiger partial charge < -0.3 is 15.5 Å². The van der Waals surface area contributed by atoms with Crippen molar-refractivity contribution in [1.29, 1.82) is 5.26 Å². The van der Waals surface area contributed by atoms with E-state index in [4.69, 9.17) is 0 Å². The lowest BCUT2D eigenvalue weighted by Crippen LogP contribution is -2.45. The fraction of sp³-hybridized carbons (Fsp3) is 0.200. The molecule has 3 N–H and O–H groups in total. The number of pyridine rings is 1. The van der Waals surface area contributed by atoms with Gasteiger partial charge in [-0.15, -0.1) is 0 Å². The van der Waals surface area contributed by atoms with Crippen molar-refractivity contribution in [3.05, 3.63) is 77.5 Å². The van der Waals surface area contributed by atoms with E-state index in [2.05, 4.69) is 16.4 Å². The standard InChI is InChI=1S/C25H24N4O4/c1-25(2,3)29(24(32)33)21-7-5-4-6-20(21)28-23(31)18-10-8-17(9-11-18)22-19(13-26)12-16(15-30)14-27-22/h4-12,14,30H,15H2,1-3H3,(H,28,31)(H,32,33).